The normalized spacial score (nSPS) is 25.2. The average Bonchev–Trinajstić information content (AvgIpc) is 2.75. The van der Waals surface area contributed by atoms with E-state index in [-0.39, 0.29) is 0 Å². The Morgan fingerprint density at radius 3 is 2.89 bits per heavy atom. The van der Waals surface area contributed by atoms with Gasteiger partial charge >= 0.3 is 0 Å². The zero-order valence-corrected chi connectivity index (χ0v) is 12.8. The van der Waals surface area contributed by atoms with Gasteiger partial charge in [-0.3, -0.25) is 4.68 Å². The van der Waals surface area contributed by atoms with Gasteiger partial charge in [0.1, 0.15) is 0 Å². The second kappa shape index (κ2) is 6.42. The molecule has 1 N–H and O–H groups in total. The molecule has 1 aliphatic heterocycles. The van der Waals surface area contributed by atoms with Gasteiger partial charge in [0, 0.05) is 32.4 Å². The molecule has 4 heteroatoms. The zero-order valence-electron chi connectivity index (χ0n) is 12.8. The van der Waals surface area contributed by atoms with E-state index in [9.17, 15) is 0 Å². The van der Waals surface area contributed by atoms with Crippen LogP contribution in [0.3, 0.4) is 0 Å². The first kappa shape index (κ1) is 14.4. The summed E-state index contributed by atoms with van der Waals surface area (Å²) in [6.07, 6.45) is 5.63. The summed E-state index contributed by atoms with van der Waals surface area (Å²) in [5.74, 6) is 0.680. The molecule has 0 saturated carbocycles. The molecule has 0 bridgehead atoms. The lowest BCUT2D eigenvalue weighted by molar-refractivity contribution is 0.387. The van der Waals surface area contributed by atoms with Crippen molar-refractivity contribution >= 4 is 5.69 Å². The minimum Gasteiger partial charge on any atom is -0.368 e. The van der Waals surface area contributed by atoms with Crippen LogP contribution in [0.4, 0.5) is 5.69 Å². The second-order valence-electron chi connectivity index (χ2n) is 5.84. The maximum atomic E-state index is 4.58. The fraction of sp³-hybridized carbons (Fsp3) is 0.800. The predicted octanol–water partition coefficient (Wildman–Crippen LogP) is 2.20. The van der Waals surface area contributed by atoms with E-state index in [1.165, 1.54) is 24.2 Å². The van der Waals surface area contributed by atoms with Crippen molar-refractivity contribution in [2.45, 2.75) is 46.1 Å². The largest absolute Gasteiger partial charge is 0.368 e. The number of nitrogens with one attached hydrogen (secondary N) is 1. The highest BCUT2D eigenvalue weighted by atomic mass is 15.3. The molecule has 4 nitrogen and oxygen atoms in total. The van der Waals surface area contributed by atoms with Crippen LogP contribution in [0.2, 0.25) is 0 Å². The van der Waals surface area contributed by atoms with Gasteiger partial charge in [0.15, 0.2) is 0 Å². The molecule has 1 aromatic rings. The first-order valence-corrected chi connectivity index (χ1v) is 7.64. The molecule has 2 unspecified atom stereocenters. The lowest BCUT2D eigenvalue weighted by Crippen LogP contribution is -2.43. The van der Waals surface area contributed by atoms with E-state index >= 15 is 0 Å². The molecule has 1 saturated heterocycles. The molecule has 2 atom stereocenters. The molecular formula is C15H28N4. The number of aryl methyl sites for hydroxylation is 2. The standard InChI is InChI=1S/C15H28N4/c1-5-13-7-8-19(10-12(3)9-16-13)15-11-18(4)17-14(15)6-2/h11-13,16H,5-10H2,1-4H3. The Morgan fingerprint density at radius 1 is 1.42 bits per heavy atom. The fourth-order valence-corrected chi connectivity index (χ4v) is 2.92. The summed E-state index contributed by atoms with van der Waals surface area (Å²) in [7, 11) is 2.02. The third-order valence-electron chi connectivity index (χ3n) is 4.09. The molecule has 0 amide bonds. The molecule has 2 rings (SSSR count). The van der Waals surface area contributed by atoms with E-state index in [0.29, 0.717) is 12.0 Å². The van der Waals surface area contributed by atoms with E-state index < -0.39 is 0 Å². The Kier molecular flexibility index (Phi) is 4.86. The highest BCUT2D eigenvalue weighted by molar-refractivity contribution is 5.49. The molecule has 1 aliphatic rings. The summed E-state index contributed by atoms with van der Waals surface area (Å²) in [6, 6.07) is 0.659. The van der Waals surface area contributed by atoms with Crippen molar-refractivity contribution in [2.75, 3.05) is 24.5 Å². The van der Waals surface area contributed by atoms with Crippen LogP contribution in [0, 0.1) is 5.92 Å². The molecular weight excluding hydrogens is 236 g/mol. The minimum atomic E-state index is 0.659. The van der Waals surface area contributed by atoms with Gasteiger partial charge in [-0.05, 0) is 31.7 Å². The van der Waals surface area contributed by atoms with Crippen LogP contribution >= 0.6 is 0 Å². The topological polar surface area (TPSA) is 33.1 Å². The van der Waals surface area contributed by atoms with Crippen molar-refractivity contribution in [3.63, 3.8) is 0 Å². The average molecular weight is 264 g/mol. The summed E-state index contributed by atoms with van der Waals surface area (Å²) in [4.78, 5) is 2.54. The molecule has 1 aromatic heterocycles. The molecule has 1 fully saturated rings. The maximum Gasteiger partial charge on any atom is 0.0855 e. The first-order chi connectivity index (χ1) is 9.13. The van der Waals surface area contributed by atoms with Crippen LogP contribution in [0.25, 0.3) is 0 Å². The first-order valence-electron chi connectivity index (χ1n) is 7.64. The quantitative estimate of drug-likeness (QED) is 0.908. The predicted molar refractivity (Wildman–Crippen MR) is 80.7 cm³/mol. The second-order valence-corrected chi connectivity index (χ2v) is 5.84. The highest BCUT2D eigenvalue weighted by Crippen LogP contribution is 2.22. The number of hydrogen-bond acceptors (Lipinski definition) is 3. The minimum absolute atomic E-state index is 0.659. The molecule has 108 valence electrons. The van der Waals surface area contributed by atoms with Crippen LogP contribution < -0.4 is 10.2 Å². The van der Waals surface area contributed by atoms with Crippen LogP contribution in [0.1, 0.15) is 39.3 Å². The summed E-state index contributed by atoms with van der Waals surface area (Å²) in [5.41, 5.74) is 2.57. The van der Waals surface area contributed by atoms with Gasteiger partial charge in [0.2, 0.25) is 0 Å². The highest BCUT2D eigenvalue weighted by Gasteiger charge is 2.21. The van der Waals surface area contributed by atoms with Crippen LogP contribution in [0.5, 0.6) is 0 Å². The number of rotatable bonds is 3. The van der Waals surface area contributed by atoms with Gasteiger partial charge in [0.25, 0.3) is 0 Å². The third kappa shape index (κ3) is 3.50. The Morgan fingerprint density at radius 2 is 2.21 bits per heavy atom. The molecule has 0 radical (unpaired) electrons. The smallest absolute Gasteiger partial charge is 0.0855 e. The molecule has 19 heavy (non-hydrogen) atoms. The SMILES string of the molecule is CCc1nn(C)cc1N1CCC(CC)NCC(C)C1. The Labute approximate surface area is 117 Å². The Bertz CT molecular complexity index is 399. The summed E-state index contributed by atoms with van der Waals surface area (Å²) >= 11 is 0. The van der Waals surface area contributed by atoms with Gasteiger partial charge in [-0.25, -0.2) is 0 Å². The fourth-order valence-electron chi connectivity index (χ4n) is 2.92. The zero-order chi connectivity index (χ0) is 13.8. The van der Waals surface area contributed by atoms with Gasteiger partial charge in [-0.15, -0.1) is 0 Å². The van der Waals surface area contributed by atoms with Crippen LogP contribution in [-0.4, -0.2) is 35.5 Å². The van der Waals surface area contributed by atoms with Gasteiger partial charge in [0.05, 0.1) is 11.4 Å². The van der Waals surface area contributed by atoms with Gasteiger partial charge in [-0.1, -0.05) is 20.8 Å². The van der Waals surface area contributed by atoms with Crippen molar-refractivity contribution in [1.82, 2.24) is 15.1 Å². The van der Waals surface area contributed by atoms with Crippen molar-refractivity contribution < 1.29 is 0 Å². The third-order valence-corrected chi connectivity index (χ3v) is 4.09. The lowest BCUT2D eigenvalue weighted by atomic mass is 10.0. The Balaban J connectivity index is 2.16. The molecule has 0 aromatic carbocycles. The molecule has 0 spiro atoms. The molecule has 0 aliphatic carbocycles. The number of aromatic nitrogens is 2. The van der Waals surface area contributed by atoms with E-state index in [4.69, 9.17) is 0 Å². The Hall–Kier alpha value is -1.03. The molecule has 2 heterocycles. The van der Waals surface area contributed by atoms with Crippen molar-refractivity contribution in [3.8, 4) is 0 Å². The maximum absolute atomic E-state index is 4.58. The monoisotopic (exact) mass is 264 g/mol. The van der Waals surface area contributed by atoms with E-state index in [1.54, 1.807) is 0 Å². The van der Waals surface area contributed by atoms with Gasteiger partial charge < -0.3 is 10.2 Å². The van der Waals surface area contributed by atoms with Crippen molar-refractivity contribution in [1.29, 1.82) is 0 Å². The number of nitrogens with zero attached hydrogens (tertiary/aromatic N) is 3. The van der Waals surface area contributed by atoms with Crippen molar-refractivity contribution in [2.24, 2.45) is 13.0 Å². The van der Waals surface area contributed by atoms with Crippen LogP contribution in [0.15, 0.2) is 6.20 Å². The van der Waals surface area contributed by atoms with E-state index in [1.807, 2.05) is 11.7 Å². The van der Waals surface area contributed by atoms with E-state index in [0.717, 1.165) is 26.1 Å². The summed E-state index contributed by atoms with van der Waals surface area (Å²) < 4.78 is 1.95. The van der Waals surface area contributed by atoms with Gasteiger partial charge in [-0.2, -0.15) is 5.10 Å². The van der Waals surface area contributed by atoms with E-state index in [2.05, 4.69) is 42.3 Å². The summed E-state index contributed by atoms with van der Waals surface area (Å²) in [5, 5.41) is 8.26. The van der Waals surface area contributed by atoms with Crippen molar-refractivity contribution in [3.05, 3.63) is 11.9 Å². The summed E-state index contributed by atoms with van der Waals surface area (Å²) in [6.45, 7) is 10.2. The van der Waals surface area contributed by atoms with Crippen LogP contribution in [-0.2, 0) is 13.5 Å². The number of hydrogen-bond donors (Lipinski definition) is 1. The number of anilines is 1. The lowest BCUT2D eigenvalue weighted by Gasteiger charge is -2.33.